The van der Waals surface area contributed by atoms with Crippen LogP contribution in [0.15, 0.2) is 23.1 Å². The normalized spacial score (nSPS) is 18.6. The lowest BCUT2D eigenvalue weighted by atomic mass is 10.3. The van der Waals surface area contributed by atoms with Crippen LogP contribution in [-0.2, 0) is 10.0 Å². The Bertz CT molecular complexity index is 598. The zero-order chi connectivity index (χ0) is 15.5. The van der Waals surface area contributed by atoms with E-state index in [4.69, 9.17) is 0 Å². The van der Waals surface area contributed by atoms with Crippen LogP contribution in [0, 0.1) is 11.6 Å². The van der Waals surface area contributed by atoms with Gasteiger partial charge in [-0.05, 0) is 25.1 Å². The van der Waals surface area contributed by atoms with Crippen molar-refractivity contribution in [3.63, 3.8) is 0 Å². The minimum Gasteiger partial charge on any atom is -0.301 e. The molecule has 0 amide bonds. The molecule has 0 atom stereocenters. The van der Waals surface area contributed by atoms with Crippen LogP contribution in [0.2, 0.25) is 0 Å². The summed E-state index contributed by atoms with van der Waals surface area (Å²) in [6.45, 7) is 2.92. The molecule has 0 spiro atoms. The van der Waals surface area contributed by atoms with E-state index in [0.29, 0.717) is 32.1 Å². The highest BCUT2D eigenvalue weighted by molar-refractivity contribution is 9.09. The van der Waals surface area contributed by atoms with E-state index in [-0.39, 0.29) is 0 Å². The number of sulfonamides is 1. The van der Waals surface area contributed by atoms with Crippen LogP contribution >= 0.6 is 15.9 Å². The van der Waals surface area contributed by atoms with Crippen molar-refractivity contribution in [2.24, 2.45) is 0 Å². The highest BCUT2D eigenvalue weighted by atomic mass is 79.9. The Balaban J connectivity index is 2.19. The predicted octanol–water partition coefficient (Wildman–Crippen LogP) is 2.06. The molecule has 1 saturated heterocycles. The Morgan fingerprint density at radius 1 is 1.14 bits per heavy atom. The van der Waals surface area contributed by atoms with Crippen molar-refractivity contribution in [2.45, 2.75) is 11.3 Å². The van der Waals surface area contributed by atoms with Crippen molar-refractivity contribution in [3.8, 4) is 0 Å². The summed E-state index contributed by atoms with van der Waals surface area (Å²) >= 11 is 3.36. The number of hydrogen-bond acceptors (Lipinski definition) is 3. The van der Waals surface area contributed by atoms with Gasteiger partial charge in [0, 0.05) is 37.6 Å². The summed E-state index contributed by atoms with van der Waals surface area (Å²) in [7, 11) is -3.92. The van der Waals surface area contributed by atoms with Crippen molar-refractivity contribution in [2.75, 3.05) is 38.1 Å². The first-order valence-electron chi connectivity index (χ1n) is 6.68. The fraction of sp³-hybridized carbons (Fsp3) is 0.538. The molecule has 0 aliphatic carbocycles. The first-order chi connectivity index (χ1) is 9.95. The van der Waals surface area contributed by atoms with Crippen LogP contribution in [0.3, 0.4) is 0 Å². The minimum absolute atomic E-state index is 0.312. The van der Waals surface area contributed by atoms with Crippen molar-refractivity contribution < 1.29 is 17.2 Å². The molecule has 1 fully saturated rings. The lowest BCUT2D eigenvalue weighted by Gasteiger charge is -2.21. The van der Waals surface area contributed by atoms with E-state index >= 15 is 0 Å². The molecule has 0 radical (unpaired) electrons. The molecule has 1 aliphatic rings. The standard InChI is InChI=1S/C13H17BrF2N2O2S/c14-4-7-17-5-1-6-18(9-8-17)21(19,20)13-3-2-11(15)10-12(13)16/h2-3,10H,1,4-9H2. The maximum Gasteiger partial charge on any atom is 0.246 e. The number of nitrogens with zero attached hydrogens (tertiary/aromatic N) is 2. The maximum atomic E-state index is 13.7. The highest BCUT2D eigenvalue weighted by Crippen LogP contribution is 2.21. The molecule has 1 aromatic carbocycles. The van der Waals surface area contributed by atoms with E-state index in [0.717, 1.165) is 30.6 Å². The second-order valence-corrected chi connectivity index (χ2v) is 7.56. The zero-order valence-electron chi connectivity index (χ0n) is 11.4. The second-order valence-electron chi connectivity index (χ2n) is 4.86. The molecule has 118 valence electrons. The second kappa shape index (κ2) is 7.13. The molecular weight excluding hydrogens is 366 g/mol. The number of alkyl halides is 1. The van der Waals surface area contributed by atoms with Crippen LogP contribution in [-0.4, -0.2) is 55.7 Å². The quantitative estimate of drug-likeness (QED) is 0.748. The average Bonchev–Trinajstić information content (AvgIpc) is 2.65. The fourth-order valence-corrected chi connectivity index (χ4v) is 4.37. The van der Waals surface area contributed by atoms with Crippen LogP contribution in [0.1, 0.15) is 6.42 Å². The van der Waals surface area contributed by atoms with E-state index in [2.05, 4.69) is 20.8 Å². The average molecular weight is 383 g/mol. The minimum atomic E-state index is -3.92. The van der Waals surface area contributed by atoms with Gasteiger partial charge in [-0.15, -0.1) is 0 Å². The first-order valence-corrected chi connectivity index (χ1v) is 9.25. The van der Waals surface area contributed by atoms with Crippen LogP contribution in [0.4, 0.5) is 8.78 Å². The molecule has 1 aromatic rings. The third-order valence-corrected chi connectivity index (χ3v) is 5.75. The van der Waals surface area contributed by atoms with Gasteiger partial charge in [0.15, 0.2) is 0 Å². The number of halogens is 3. The largest absolute Gasteiger partial charge is 0.301 e. The third-order valence-electron chi connectivity index (χ3n) is 3.46. The van der Waals surface area contributed by atoms with Gasteiger partial charge in [0.25, 0.3) is 0 Å². The molecule has 21 heavy (non-hydrogen) atoms. The zero-order valence-corrected chi connectivity index (χ0v) is 13.8. The molecule has 0 N–H and O–H groups in total. The summed E-state index contributed by atoms with van der Waals surface area (Å²) in [5.74, 6) is -1.83. The number of rotatable bonds is 4. The fourth-order valence-electron chi connectivity index (χ4n) is 2.35. The maximum absolute atomic E-state index is 13.7. The molecule has 1 aliphatic heterocycles. The molecule has 0 unspecified atom stereocenters. The van der Waals surface area contributed by atoms with Gasteiger partial charge < -0.3 is 4.90 Å². The molecule has 0 bridgehead atoms. The van der Waals surface area contributed by atoms with Crippen molar-refractivity contribution in [3.05, 3.63) is 29.8 Å². The first kappa shape index (κ1) is 16.8. The molecule has 8 heteroatoms. The summed E-state index contributed by atoms with van der Waals surface area (Å²) in [4.78, 5) is 1.70. The topological polar surface area (TPSA) is 40.6 Å². The van der Waals surface area contributed by atoms with E-state index < -0.39 is 26.6 Å². The number of hydrogen-bond donors (Lipinski definition) is 0. The smallest absolute Gasteiger partial charge is 0.246 e. The molecule has 1 heterocycles. The summed E-state index contributed by atoms with van der Waals surface area (Å²) in [6, 6.07) is 2.55. The van der Waals surface area contributed by atoms with Crippen LogP contribution < -0.4 is 0 Å². The van der Waals surface area contributed by atoms with Gasteiger partial charge in [-0.2, -0.15) is 4.31 Å². The van der Waals surface area contributed by atoms with Gasteiger partial charge in [0.05, 0.1) is 0 Å². The predicted molar refractivity (Wildman–Crippen MR) is 80.0 cm³/mol. The van der Waals surface area contributed by atoms with Gasteiger partial charge in [-0.1, -0.05) is 15.9 Å². The molecular formula is C13H17BrF2N2O2S. The highest BCUT2D eigenvalue weighted by Gasteiger charge is 2.29. The SMILES string of the molecule is O=S(=O)(c1ccc(F)cc1F)N1CCCN(CCBr)CC1. The number of benzene rings is 1. The van der Waals surface area contributed by atoms with Gasteiger partial charge in [-0.3, -0.25) is 0 Å². The van der Waals surface area contributed by atoms with E-state index in [1.54, 1.807) is 0 Å². The van der Waals surface area contributed by atoms with Crippen molar-refractivity contribution >= 4 is 26.0 Å². The summed E-state index contributed by atoms with van der Waals surface area (Å²) < 4.78 is 52.9. The summed E-state index contributed by atoms with van der Waals surface area (Å²) in [5, 5.41) is 0.826. The third kappa shape index (κ3) is 4.00. The van der Waals surface area contributed by atoms with E-state index in [1.165, 1.54) is 4.31 Å². The Morgan fingerprint density at radius 3 is 2.57 bits per heavy atom. The Hall–Kier alpha value is -0.570. The molecule has 2 rings (SSSR count). The monoisotopic (exact) mass is 382 g/mol. The van der Waals surface area contributed by atoms with Crippen LogP contribution in [0.25, 0.3) is 0 Å². The van der Waals surface area contributed by atoms with E-state index in [9.17, 15) is 17.2 Å². The Labute approximate surface area is 131 Å². The van der Waals surface area contributed by atoms with Gasteiger partial charge >= 0.3 is 0 Å². The molecule has 0 saturated carbocycles. The van der Waals surface area contributed by atoms with Gasteiger partial charge in [0.2, 0.25) is 10.0 Å². The Morgan fingerprint density at radius 2 is 1.90 bits per heavy atom. The van der Waals surface area contributed by atoms with Gasteiger partial charge in [-0.25, -0.2) is 17.2 Å². The van der Waals surface area contributed by atoms with Gasteiger partial charge in [0.1, 0.15) is 16.5 Å². The lowest BCUT2D eigenvalue weighted by molar-refractivity contribution is 0.305. The molecule has 4 nitrogen and oxygen atoms in total. The summed E-state index contributed by atoms with van der Waals surface area (Å²) in [6.07, 6.45) is 0.690. The van der Waals surface area contributed by atoms with E-state index in [1.807, 2.05) is 0 Å². The summed E-state index contributed by atoms with van der Waals surface area (Å²) in [5.41, 5.74) is 0. The van der Waals surface area contributed by atoms with Crippen molar-refractivity contribution in [1.82, 2.24) is 9.21 Å². The lowest BCUT2D eigenvalue weighted by Crippen LogP contribution is -2.36. The van der Waals surface area contributed by atoms with Crippen LogP contribution in [0.5, 0.6) is 0 Å². The van der Waals surface area contributed by atoms with Crippen molar-refractivity contribution in [1.29, 1.82) is 0 Å². The molecule has 0 aromatic heterocycles. The Kier molecular flexibility index (Phi) is 5.70.